The molecule has 0 amide bonds. The van der Waals surface area contributed by atoms with Gasteiger partial charge >= 0.3 is 66.9 Å². The van der Waals surface area contributed by atoms with Crippen molar-refractivity contribution >= 4 is 20.0 Å². The Kier molecular flexibility index (Phi) is 12.5. The third-order valence-corrected chi connectivity index (χ3v) is 4.09. The zero-order valence-corrected chi connectivity index (χ0v) is 22.5. The molecular weight excluding hydrogens is 437 g/mol. The number of hydrogen-bond donors (Lipinski definition) is 1. The van der Waals surface area contributed by atoms with Crippen LogP contribution in [0.1, 0.15) is 11.1 Å². The fourth-order valence-corrected chi connectivity index (χ4v) is 2.84. The quantitative estimate of drug-likeness (QED) is 0.239. The minimum absolute atomic E-state index is 0. The van der Waals surface area contributed by atoms with Crippen LogP contribution >= 0.6 is 7.82 Å². The molecule has 1 N–H and O–H groups in total. The molecule has 12 heteroatoms. The Morgan fingerprint density at radius 3 is 1.83 bits per heavy atom. The van der Waals surface area contributed by atoms with E-state index in [1.54, 1.807) is 18.2 Å². The molecule has 0 aliphatic heterocycles. The molecule has 0 heterocycles. The van der Waals surface area contributed by atoms with Crippen LogP contribution in [0.25, 0.3) is 12.2 Å². The van der Waals surface area contributed by atoms with Crippen molar-refractivity contribution in [1.82, 2.24) is 0 Å². The summed E-state index contributed by atoms with van der Waals surface area (Å²) in [7, 11) is 0.486. The molecular formula is C18H19Na2O9P. The smallest absolute Gasteiger partial charge is 0.869 e. The predicted octanol–water partition coefficient (Wildman–Crippen LogP) is -4.19. The third-order valence-electron chi connectivity index (χ3n) is 3.68. The molecule has 0 saturated carbocycles. The van der Waals surface area contributed by atoms with Gasteiger partial charge in [-0.1, -0.05) is 24.0 Å². The summed E-state index contributed by atoms with van der Waals surface area (Å²) in [5.74, 6) is -0.255. The van der Waals surface area contributed by atoms with Gasteiger partial charge < -0.3 is 38.4 Å². The zero-order valence-electron chi connectivity index (χ0n) is 17.6. The van der Waals surface area contributed by atoms with Gasteiger partial charge in [-0.05, 0) is 29.3 Å². The van der Waals surface area contributed by atoms with Crippen LogP contribution in [0.15, 0.2) is 24.3 Å². The van der Waals surface area contributed by atoms with Crippen LogP contribution in [-0.4, -0.2) is 33.3 Å². The second-order valence-electron chi connectivity index (χ2n) is 5.37. The Bertz CT molecular complexity index is 903. The van der Waals surface area contributed by atoms with Gasteiger partial charge in [0.2, 0.25) is 5.75 Å². The summed E-state index contributed by atoms with van der Waals surface area (Å²) in [4.78, 5) is 19.9. The predicted molar refractivity (Wildman–Crippen MR) is 97.9 cm³/mol. The molecule has 152 valence electrons. The number of rotatable bonds is 8. The standard InChI is InChI=1S/C18H21O9P.2Na/c1-23-13-8-7-12(16(19)18(13)27-28(20,21)22)6-5-11-9-14(24-2)17(26-4)15(10-11)25-3;;/h5-10,19H,1-4H3,(H2,20,21,22);;/q;2*+1/p-2/b6-5-;;. The molecule has 1 atom stereocenters. The molecule has 30 heavy (non-hydrogen) atoms. The van der Waals surface area contributed by atoms with Crippen LogP contribution in [0.5, 0.6) is 34.5 Å². The second kappa shape index (κ2) is 12.9. The van der Waals surface area contributed by atoms with Gasteiger partial charge in [0.05, 0.1) is 28.4 Å². The molecule has 9 nitrogen and oxygen atoms in total. The van der Waals surface area contributed by atoms with E-state index in [0.717, 1.165) is 0 Å². The summed E-state index contributed by atoms with van der Waals surface area (Å²) in [5.41, 5.74) is 0.738. The summed E-state index contributed by atoms with van der Waals surface area (Å²) >= 11 is 0. The molecule has 2 aromatic rings. The van der Waals surface area contributed by atoms with Crippen molar-refractivity contribution in [2.24, 2.45) is 0 Å². The van der Waals surface area contributed by atoms with E-state index in [0.29, 0.717) is 22.8 Å². The molecule has 0 bridgehead atoms. The van der Waals surface area contributed by atoms with E-state index in [1.807, 2.05) is 0 Å². The first-order chi connectivity index (χ1) is 13.2. The summed E-state index contributed by atoms with van der Waals surface area (Å²) in [6, 6.07) is 6.11. The van der Waals surface area contributed by atoms with Crippen molar-refractivity contribution in [1.29, 1.82) is 0 Å². The molecule has 2 aromatic carbocycles. The normalized spacial score (nSPS) is 12.2. The average Bonchev–Trinajstić information content (AvgIpc) is 2.66. The van der Waals surface area contributed by atoms with E-state index in [-0.39, 0.29) is 70.4 Å². The Labute approximate surface area is 218 Å². The first-order valence-corrected chi connectivity index (χ1v) is 9.33. The topological polar surface area (TPSA) is 130 Å². The summed E-state index contributed by atoms with van der Waals surface area (Å²) in [6.45, 7) is 0. The summed E-state index contributed by atoms with van der Waals surface area (Å²) in [5, 5.41) is 12.5. The fourth-order valence-electron chi connectivity index (χ4n) is 2.44. The minimum Gasteiger partial charge on any atom is -0.869 e. The van der Waals surface area contributed by atoms with Crippen molar-refractivity contribution in [3.8, 4) is 34.5 Å². The Morgan fingerprint density at radius 1 is 0.867 bits per heavy atom. The average molecular weight is 456 g/mol. The minimum atomic E-state index is -5.18. The van der Waals surface area contributed by atoms with E-state index < -0.39 is 19.3 Å². The van der Waals surface area contributed by atoms with Crippen LogP contribution in [0.2, 0.25) is 0 Å². The third kappa shape index (κ3) is 7.37. The molecule has 0 fully saturated rings. The maximum Gasteiger partial charge on any atom is 1.00 e. The molecule has 1 unspecified atom stereocenters. The van der Waals surface area contributed by atoms with Crippen molar-refractivity contribution in [3.63, 3.8) is 0 Å². The number of phosphoric ester groups is 1. The van der Waals surface area contributed by atoms with Gasteiger partial charge in [-0.15, -0.1) is 0 Å². The molecule has 0 aliphatic rings. The van der Waals surface area contributed by atoms with Gasteiger partial charge in [0, 0.05) is 0 Å². The zero-order chi connectivity index (χ0) is 20.9. The maximum absolute atomic E-state index is 12.5. The molecule has 0 aliphatic carbocycles. The molecule has 2 rings (SSSR count). The van der Waals surface area contributed by atoms with E-state index in [2.05, 4.69) is 4.52 Å². The number of benzene rings is 2. The van der Waals surface area contributed by atoms with E-state index in [9.17, 15) is 14.6 Å². The fraction of sp³-hybridized carbons (Fsp3) is 0.222. The van der Waals surface area contributed by atoms with Crippen molar-refractivity contribution in [3.05, 3.63) is 35.4 Å². The second-order valence-corrected chi connectivity index (χ2v) is 6.49. The first-order valence-electron chi connectivity index (χ1n) is 7.83. The largest absolute Gasteiger partial charge is 1.00 e. The Morgan fingerprint density at radius 2 is 1.40 bits per heavy atom. The Hall–Kier alpha value is -0.870. The van der Waals surface area contributed by atoms with Crippen molar-refractivity contribution < 1.29 is 102 Å². The van der Waals surface area contributed by atoms with Crippen LogP contribution in [0, 0.1) is 0 Å². The van der Waals surface area contributed by atoms with Crippen LogP contribution in [0.3, 0.4) is 0 Å². The van der Waals surface area contributed by atoms with Crippen molar-refractivity contribution in [2.75, 3.05) is 28.4 Å². The van der Waals surface area contributed by atoms with Gasteiger partial charge in [-0.3, -0.25) is 4.57 Å². The maximum atomic E-state index is 12.5. The SMILES string of the molecule is COc1cc(/C=C\c2ccc(OC)c(OP(=O)([O-])O)c2[O-])cc(OC)c1OC.[Na+].[Na+]. The summed E-state index contributed by atoms with van der Waals surface area (Å²) < 4.78 is 36.1. The van der Waals surface area contributed by atoms with Crippen LogP contribution < -0.4 is 92.6 Å². The van der Waals surface area contributed by atoms with Crippen LogP contribution in [0.4, 0.5) is 0 Å². The van der Waals surface area contributed by atoms with Gasteiger partial charge in [-0.25, -0.2) is 0 Å². The number of ether oxygens (including phenoxy) is 4. The molecule has 0 aromatic heterocycles. The number of hydrogen-bond acceptors (Lipinski definition) is 8. The van der Waals surface area contributed by atoms with Gasteiger partial charge in [-0.2, -0.15) is 0 Å². The van der Waals surface area contributed by atoms with Gasteiger partial charge in [0.25, 0.3) is 0 Å². The first kappa shape index (κ1) is 29.1. The van der Waals surface area contributed by atoms with Gasteiger partial charge in [0.15, 0.2) is 23.0 Å². The molecule has 0 saturated heterocycles. The van der Waals surface area contributed by atoms with E-state index in [4.69, 9.17) is 23.8 Å². The van der Waals surface area contributed by atoms with Crippen LogP contribution in [-0.2, 0) is 4.57 Å². The van der Waals surface area contributed by atoms with E-state index >= 15 is 0 Å². The molecule has 0 radical (unpaired) electrons. The monoisotopic (exact) mass is 456 g/mol. The van der Waals surface area contributed by atoms with E-state index in [1.165, 1.54) is 46.6 Å². The summed E-state index contributed by atoms with van der Waals surface area (Å²) in [6.07, 6.45) is 3.04. The number of phosphoric acid groups is 1. The molecule has 0 spiro atoms. The van der Waals surface area contributed by atoms with Crippen molar-refractivity contribution in [2.45, 2.75) is 0 Å². The number of methoxy groups -OCH3 is 4. The van der Waals surface area contributed by atoms with Gasteiger partial charge in [0.1, 0.15) is 0 Å². The Balaban J connectivity index is 0.00000420.